The molecule has 2 aromatic rings. The Morgan fingerprint density at radius 1 is 0.879 bits per heavy atom. The third-order valence-corrected chi connectivity index (χ3v) is 6.50. The first-order valence-electron chi connectivity index (χ1n) is 12.3. The highest BCUT2D eigenvalue weighted by Gasteiger charge is 2.34. The summed E-state index contributed by atoms with van der Waals surface area (Å²) < 4.78 is 5.29. The predicted molar refractivity (Wildman–Crippen MR) is 137 cm³/mol. The van der Waals surface area contributed by atoms with Crippen molar-refractivity contribution in [1.29, 1.82) is 0 Å². The molecule has 0 radical (unpaired) electrons. The van der Waals surface area contributed by atoms with E-state index in [1.807, 2.05) is 13.8 Å². The molecule has 1 amide bonds. The standard InChI is InChI=1S/C29H42N2O2/c1-19(2)33-27(32)31-24-17-25(30-18-24)26(20-9-13-22(14-10-20)28(3,4)5)21-11-15-23(16-12-21)29(6,7)8/h9-16,19,24-26,30H,17-18H2,1-8H3,(H,31,32)/t24-,25-/m1/s1. The topological polar surface area (TPSA) is 50.4 Å². The Hall–Kier alpha value is -2.33. The van der Waals surface area contributed by atoms with Crippen LogP contribution >= 0.6 is 0 Å². The summed E-state index contributed by atoms with van der Waals surface area (Å²) >= 11 is 0. The van der Waals surface area contributed by atoms with Crippen LogP contribution in [0.2, 0.25) is 0 Å². The van der Waals surface area contributed by atoms with E-state index in [-0.39, 0.29) is 41.0 Å². The van der Waals surface area contributed by atoms with Gasteiger partial charge in [0, 0.05) is 24.5 Å². The maximum atomic E-state index is 12.1. The van der Waals surface area contributed by atoms with Gasteiger partial charge >= 0.3 is 6.09 Å². The molecule has 0 bridgehead atoms. The maximum Gasteiger partial charge on any atom is 0.407 e. The first-order chi connectivity index (χ1) is 15.3. The Labute approximate surface area is 200 Å². The number of hydrogen-bond donors (Lipinski definition) is 2. The van der Waals surface area contributed by atoms with E-state index in [2.05, 4.69) is 101 Å². The van der Waals surface area contributed by atoms with Crippen LogP contribution in [0.15, 0.2) is 48.5 Å². The van der Waals surface area contributed by atoms with E-state index >= 15 is 0 Å². The SMILES string of the molecule is CC(C)OC(=O)N[C@H]1CN[C@@H](C(c2ccc(C(C)(C)C)cc2)c2ccc(C(C)(C)C)cc2)C1. The van der Waals surface area contributed by atoms with Gasteiger partial charge in [-0.1, -0.05) is 90.1 Å². The van der Waals surface area contributed by atoms with E-state index in [1.165, 1.54) is 22.3 Å². The van der Waals surface area contributed by atoms with Gasteiger partial charge in [-0.05, 0) is 53.4 Å². The second-order valence-corrected chi connectivity index (χ2v) is 11.8. The predicted octanol–water partition coefficient (Wildman–Crippen LogP) is 6.28. The molecular weight excluding hydrogens is 408 g/mol. The van der Waals surface area contributed by atoms with Crippen LogP contribution in [0.4, 0.5) is 4.79 Å². The molecule has 0 aliphatic carbocycles. The minimum atomic E-state index is -0.335. The van der Waals surface area contributed by atoms with Gasteiger partial charge in [-0.15, -0.1) is 0 Å². The molecule has 1 fully saturated rings. The van der Waals surface area contributed by atoms with Crippen LogP contribution in [0.5, 0.6) is 0 Å². The van der Waals surface area contributed by atoms with E-state index in [1.54, 1.807) is 0 Å². The van der Waals surface area contributed by atoms with Gasteiger partial charge in [-0.2, -0.15) is 0 Å². The number of ether oxygens (including phenoxy) is 1. The highest BCUT2D eigenvalue weighted by molar-refractivity contribution is 5.67. The van der Waals surface area contributed by atoms with Gasteiger partial charge in [0.05, 0.1) is 6.10 Å². The fourth-order valence-electron chi connectivity index (χ4n) is 4.58. The van der Waals surface area contributed by atoms with Crippen molar-refractivity contribution < 1.29 is 9.53 Å². The summed E-state index contributed by atoms with van der Waals surface area (Å²) in [5.41, 5.74) is 5.52. The molecule has 4 nitrogen and oxygen atoms in total. The molecule has 1 aliphatic heterocycles. The minimum absolute atomic E-state index is 0.0615. The fourth-order valence-corrected chi connectivity index (χ4v) is 4.58. The van der Waals surface area contributed by atoms with Gasteiger partial charge in [0.1, 0.15) is 0 Å². The Morgan fingerprint density at radius 3 is 1.73 bits per heavy atom. The molecule has 0 spiro atoms. The number of nitrogens with one attached hydrogen (secondary N) is 2. The molecule has 180 valence electrons. The fraction of sp³-hybridized carbons (Fsp3) is 0.552. The summed E-state index contributed by atoms with van der Waals surface area (Å²) in [5, 5.41) is 6.71. The largest absolute Gasteiger partial charge is 0.447 e. The molecule has 1 heterocycles. The molecule has 0 saturated carbocycles. The Bertz CT molecular complexity index is 861. The Balaban J connectivity index is 1.87. The zero-order valence-electron chi connectivity index (χ0n) is 21.7. The maximum absolute atomic E-state index is 12.1. The molecule has 0 aromatic heterocycles. The second kappa shape index (κ2) is 9.89. The van der Waals surface area contributed by atoms with Crippen molar-refractivity contribution in [2.75, 3.05) is 6.54 Å². The van der Waals surface area contributed by atoms with E-state index < -0.39 is 0 Å². The lowest BCUT2D eigenvalue weighted by molar-refractivity contribution is 0.112. The highest BCUT2D eigenvalue weighted by Crippen LogP contribution is 2.35. The number of amides is 1. The molecule has 33 heavy (non-hydrogen) atoms. The number of carbonyl (C=O) groups excluding carboxylic acids is 1. The molecule has 2 aromatic carbocycles. The molecule has 2 atom stereocenters. The zero-order valence-corrected chi connectivity index (χ0v) is 21.7. The van der Waals surface area contributed by atoms with E-state index in [0.29, 0.717) is 0 Å². The van der Waals surface area contributed by atoms with Crippen LogP contribution in [0.1, 0.15) is 90.0 Å². The number of benzene rings is 2. The third-order valence-electron chi connectivity index (χ3n) is 6.50. The minimum Gasteiger partial charge on any atom is -0.447 e. The molecule has 1 aliphatic rings. The lowest BCUT2D eigenvalue weighted by Gasteiger charge is -2.27. The van der Waals surface area contributed by atoms with E-state index in [9.17, 15) is 4.79 Å². The summed E-state index contributed by atoms with van der Waals surface area (Å²) in [4.78, 5) is 12.1. The van der Waals surface area contributed by atoms with Crippen molar-refractivity contribution in [2.24, 2.45) is 0 Å². The lowest BCUT2D eigenvalue weighted by Crippen LogP contribution is -2.37. The summed E-state index contributed by atoms with van der Waals surface area (Å²) in [6.07, 6.45) is 0.406. The molecule has 1 saturated heterocycles. The molecule has 2 N–H and O–H groups in total. The van der Waals surface area contributed by atoms with Gasteiger partial charge < -0.3 is 15.4 Å². The van der Waals surface area contributed by atoms with E-state index in [0.717, 1.165) is 13.0 Å². The van der Waals surface area contributed by atoms with Crippen LogP contribution in [-0.2, 0) is 15.6 Å². The second-order valence-electron chi connectivity index (χ2n) is 11.8. The van der Waals surface area contributed by atoms with Crippen molar-refractivity contribution >= 4 is 6.09 Å². The van der Waals surface area contributed by atoms with Crippen LogP contribution in [0, 0.1) is 0 Å². The Morgan fingerprint density at radius 2 is 1.33 bits per heavy atom. The summed E-state index contributed by atoms with van der Waals surface area (Å²) in [5.74, 6) is 0.209. The van der Waals surface area contributed by atoms with Gasteiger partial charge in [0.2, 0.25) is 0 Å². The van der Waals surface area contributed by atoms with Crippen LogP contribution in [-0.4, -0.2) is 30.8 Å². The monoisotopic (exact) mass is 450 g/mol. The van der Waals surface area contributed by atoms with Gasteiger partial charge in [0.15, 0.2) is 0 Å². The Kier molecular flexibility index (Phi) is 7.58. The van der Waals surface area contributed by atoms with Crippen LogP contribution < -0.4 is 10.6 Å². The number of rotatable bonds is 5. The summed E-state index contributed by atoms with van der Waals surface area (Å²) in [6, 6.07) is 18.4. The van der Waals surface area contributed by atoms with E-state index in [4.69, 9.17) is 4.74 Å². The average molecular weight is 451 g/mol. The zero-order chi connectivity index (χ0) is 24.4. The lowest BCUT2D eigenvalue weighted by atomic mass is 9.80. The quantitative estimate of drug-likeness (QED) is 0.564. The summed E-state index contributed by atoms with van der Waals surface area (Å²) in [7, 11) is 0. The van der Waals surface area contributed by atoms with Crippen molar-refractivity contribution in [3.05, 3.63) is 70.8 Å². The van der Waals surface area contributed by atoms with Gasteiger partial charge in [0.25, 0.3) is 0 Å². The van der Waals surface area contributed by atoms with Gasteiger partial charge in [-0.25, -0.2) is 4.79 Å². The van der Waals surface area contributed by atoms with Crippen molar-refractivity contribution in [2.45, 2.75) is 96.7 Å². The van der Waals surface area contributed by atoms with Crippen molar-refractivity contribution in [3.63, 3.8) is 0 Å². The van der Waals surface area contributed by atoms with Crippen molar-refractivity contribution in [1.82, 2.24) is 10.6 Å². The third kappa shape index (κ3) is 6.60. The van der Waals surface area contributed by atoms with Crippen LogP contribution in [0.3, 0.4) is 0 Å². The van der Waals surface area contributed by atoms with Crippen LogP contribution in [0.25, 0.3) is 0 Å². The summed E-state index contributed by atoms with van der Waals surface area (Å²) in [6.45, 7) is 18.0. The average Bonchev–Trinajstić information content (AvgIpc) is 3.14. The molecule has 0 unspecified atom stereocenters. The molecule has 4 heteroatoms. The normalized spacial score (nSPS) is 19.2. The smallest absolute Gasteiger partial charge is 0.407 e. The van der Waals surface area contributed by atoms with Gasteiger partial charge in [-0.3, -0.25) is 0 Å². The number of alkyl carbamates (subject to hydrolysis) is 1. The molecule has 3 rings (SSSR count). The molecular formula is C29H42N2O2. The first kappa shape index (κ1) is 25.3. The first-order valence-corrected chi connectivity index (χ1v) is 12.3. The number of hydrogen-bond acceptors (Lipinski definition) is 3. The van der Waals surface area contributed by atoms with Crippen molar-refractivity contribution in [3.8, 4) is 0 Å². The number of carbonyl (C=O) groups is 1. The highest BCUT2D eigenvalue weighted by atomic mass is 16.6.